The van der Waals surface area contributed by atoms with E-state index in [1.807, 2.05) is 11.9 Å². The van der Waals surface area contributed by atoms with Crippen LogP contribution < -0.4 is 0 Å². The van der Waals surface area contributed by atoms with E-state index in [4.69, 9.17) is 16.1 Å². The molecular formula is C14H18ClN3O3. The molecule has 6 nitrogen and oxygen atoms in total. The summed E-state index contributed by atoms with van der Waals surface area (Å²) in [5, 5.41) is 3.89. The molecule has 2 amide bonds. The number of amides is 2. The van der Waals surface area contributed by atoms with Crippen molar-refractivity contribution in [2.45, 2.75) is 19.3 Å². The van der Waals surface area contributed by atoms with Crippen molar-refractivity contribution >= 4 is 23.4 Å². The Morgan fingerprint density at radius 2 is 2.33 bits per heavy atom. The Morgan fingerprint density at radius 1 is 1.52 bits per heavy atom. The zero-order valence-corrected chi connectivity index (χ0v) is 12.7. The van der Waals surface area contributed by atoms with E-state index in [2.05, 4.69) is 5.16 Å². The average molecular weight is 312 g/mol. The van der Waals surface area contributed by atoms with E-state index < -0.39 is 0 Å². The molecule has 2 aliphatic rings. The second kappa shape index (κ2) is 5.67. The largest absolute Gasteiger partial charge is 0.360 e. The summed E-state index contributed by atoms with van der Waals surface area (Å²) in [7, 11) is 1.83. The molecule has 114 valence electrons. The predicted octanol–water partition coefficient (Wildman–Crippen LogP) is 1.20. The van der Waals surface area contributed by atoms with Crippen LogP contribution in [0.2, 0.25) is 5.15 Å². The molecule has 7 heteroatoms. The number of piperidine rings is 1. The number of fused-ring (bicyclic) bond motifs is 1. The minimum absolute atomic E-state index is 0.0209. The number of aromatic nitrogens is 1. The fraction of sp³-hybridized carbons (Fsp3) is 0.643. The van der Waals surface area contributed by atoms with Gasteiger partial charge < -0.3 is 14.3 Å². The van der Waals surface area contributed by atoms with Crippen molar-refractivity contribution in [3.63, 3.8) is 0 Å². The number of carbonyl (C=O) groups is 2. The second-order valence-electron chi connectivity index (χ2n) is 5.83. The van der Waals surface area contributed by atoms with Gasteiger partial charge in [0.15, 0.2) is 5.15 Å². The highest BCUT2D eigenvalue weighted by atomic mass is 35.5. The van der Waals surface area contributed by atoms with Crippen LogP contribution >= 0.6 is 11.6 Å². The van der Waals surface area contributed by atoms with Crippen LogP contribution in [0.1, 0.15) is 18.6 Å². The van der Waals surface area contributed by atoms with Gasteiger partial charge in [-0.05, 0) is 12.3 Å². The van der Waals surface area contributed by atoms with E-state index >= 15 is 0 Å². The lowest BCUT2D eigenvalue weighted by atomic mass is 9.88. The maximum Gasteiger partial charge on any atom is 0.227 e. The van der Waals surface area contributed by atoms with Gasteiger partial charge in [0.1, 0.15) is 5.76 Å². The minimum Gasteiger partial charge on any atom is -0.360 e. The molecule has 2 aliphatic heterocycles. The average Bonchev–Trinajstić information content (AvgIpc) is 3.07. The van der Waals surface area contributed by atoms with Crippen molar-refractivity contribution in [2.75, 3.05) is 26.7 Å². The lowest BCUT2D eigenvalue weighted by Gasteiger charge is -2.30. The van der Waals surface area contributed by atoms with Gasteiger partial charge in [-0.1, -0.05) is 16.8 Å². The molecule has 0 saturated carbocycles. The van der Waals surface area contributed by atoms with E-state index in [0.29, 0.717) is 42.8 Å². The highest BCUT2D eigenvalue weighted by Gasteiger charge is 2.42. The molecule has 1 aromatic rings. The summed E-state index contributed by atoms with van der Waals surface area (Å²) in [6.07, 6.45) is 1.82. The zero-order valence-electron chi connectivity index (χ0n) is 11.9. The van der Waals surface area contributed by atoms with Gasteiger partial charge in [0.25, 0.3) is 0 Å². The topological polar surface area (TPSA) is 66.7 Å². The molecule has 0 aromatic carbocycles. The lowest BCUT2D eigenvalue weighted by Crippen LogP contribution is -2.42. The van der Waals surface area contributed by atoms with Crippen LogP contribution in [0.4, 0.5) is 0 Å². The number of rotatable bonds is 3. The van der Waals surface area contributed by atoms with E-state index in [1.54, 1.807) is 11.0 Å². The number of hydrogen-bond acceptors (Lipinski definition) is 4. The number of hydrogen-bond donors (Lipinski definition) is 0. The maximum atomic E-state index is 12.3. The summed E-state index contributed by atoms with van der Waals surface area (Å²) in [4.78, 5) is 27.9. The van der Waals surface area contributed by atoms with Gasteiger partial charge >= 0.3 is 0 Å². The van der Waals surface area contributed by atoms with Crippen LogP contribution in [0.15, 0.2) is 10.6 Å². The van der Waals surface area contributed by atoms with Crippen molar-refractivity contribution in [3.8, 4) is 0 Å². The predicted molar refractivity (Wildman–Crippen MR) is 75.6 cm³/mol. The summed E-state index contributed by atoms with van der Waals surface area (Å²) in [5.74, 6) is 1.14. The highest BCUT2D eigenvalue weighted by Crippen LogP contribution is 2.31. The second-order valence-corrected chi connectivity index (χ2v) is 6.22. The zero-order chi connectivity index (χ0) is 15.0. The maximum absolute atomic E-state index is 12.3. The molecular weight excluding hydrogens is 294 g/mol. The molecule has 0 radical (unpaired) electrons. The Bertz CT molecular complexity index is 559. The SMILES string of the molecule is CN1CC[C@@H]2CN(C(=O)CCc3cc(Cl)no3)C[C@@H]2C1=O. The van der Waals surface area contributed by atoms with Crippen LogP contribution in [-0.4, -0.2) is 53.5 Å². The van der Waals surface area contributed by atoms with Gasteiger partial charge in [0.05, 0.1) is 5.92 Å². The van der Waals surface area contributed by atoms with Crippen molar-refractivity contribution in [3.05, 3.63) is 17.0 Å². The number of aryl methyl sites for hydroxylation is 1. The Hall–Kier alpha value is -1.56. The third kappa shape index (κ3) is 2.90. The molecule has 0 unspecified atom stereocenters. The summed E-state index contributed by atoms with van der Waals surface area (Å²) >= 11 is 5.67. The van der Waals surface area contributed by atoms with E-state index in [1.165, 1.54) is 0 Å². The van der Waals surface area contributed by atoms with Crippen LogP contribution in [0.3, 0.4) is 0 Å². The first-order valence-corrected chi connectivity index (χ1v) is 7.56. The molecule has 0 bridgehead atoms. The Labute approximate surface area is 128 Å². The van der Waals surface area contributed by atoms with E-state index in [0.717, 1.165) is 13.0 Å². The quantitative estimate of drug-likeness (QED) is 0.841. The molecule has 2 atom stereocenters. The number of nitrogens with zero attached hydrogens (tertiary/aromatic N) is 3. The fourth-order valence-electron chi connectivity index (χ4n) is 3.19. The van der Waals surface area contributed by atoms with Gasteiger partial charge in [-0.15, -0.1) is 0 Å². The summed E-state index contributed by atoms with van der Waals surface area (Å²) < 4.78 is 4.99. The Balaban J connectivity index is 1.55. The number of carbonyl (C=O) groups excluding carboxylic acids is 2. The smallest absolute Gasteiger partial charge is 0.227 e. The Kier molecular flexibility index (Phi) is 3.89. The molecule has 2 saturated heterocycles. The molecule has 1 aromatic heterocycles. The van der Waals surface area contributed by atoms with Crippen molar-refractivity contribution in [2.24, 2.45) is 11.8 Å². The molecule has 0 spiro atoms. The van der Waals surface area contributed by atoms with Gasteiger partial charge in [-0.3, -0.25) is 9.59 Å². The van der Waals surface area contributed by atoms with Gasteiger partial charge in [0, 0.05) is 45.6 Å². The molecule has 21 heavy (non-hydrogen) atoms. The van der Waals surface area contributed by atoms with Crippen molar-refractivity contribution in [1.82, 2.24) is 15.0 Å². The van der Waals surface area contributed by atoms with Gasteiger partial charge in [-0.25, -0.2) is 0 Å². The minimum atomic E-state index is -0.0209. The van der Waals surface area contributed by atoms with E-state index in [-0.39, 0.29) is 17.7 Å². The number of likely N-dealkylation sites (tertiary alicyclic amines) is 2. The van der Waals surface area contributed by atoms with E-state index in [9.17, 15) is 9.59 Å². The molecule has 2 fully saturated rings. The van der Waals surface area contributed by atoms with Crippen LogP contribution in [-0.2, 0) is 16.0 Å². The first-order valence-electron chi connectivity index (χ1n) is 7.18. The molecule has 0 N–H and O–H groups in total. The lowest BCUT2D eigenvalue weighted by molar-refractivity contribution is -0.138. The van der Waals surface area contributed by atoms with Gasteiger partial charge in [0.2, 0.25) is 11.8 Å². The van der Waals surface area contributed by atoms with Crippen LogP contribution in [0.25, 0.3) is 0 Å². The fourth-order valence-corrected chi connectivity index (χ4v) is 3.35. The van der Waals surface area contributed by atoms with Crippen LogP contribution in [0, 0.1) is 11.8 Å². The highest BCUT2D eigenvalue weighted by molar-refractivity contribution is 6.29. The molecule has 3 heterocycles. The normalized spacial score (nSPS) is 25.3. The van der Waals surface area contributed by atoms with Crippen molar-refractivity contribution < 1.29 is 14.1 Å². The Morgan fingerprint density at radius 3 is 3.05 bits per heavy atom. The summed E-state index contributed by atoms with van der Waals surface area (Å²) in [5.41, 5.74) is 0. The van der Waals surface area contributed by atoms with Crippen molar-refractivity contribution in [1.29, 1.82) is 0 Å². The first-order chi connectivity index (χ1) is 10.0. The first kappa shape index (κ1) is 14.4. The summed E-state index contributed by atoms with van der Waals surface area (Å²) in [6.45, 7) is 2.03. The third-order valence-corrected chi connectivity index (χ3v) is 4.62. The van der Waals surface area contributed by atoms with Crippen LogP contribution in [0.5, 0.6) is 0 Å². The monoisotopic (exact) mass is 311 g/mol. The molecule has 3 rings (SSSR count). The third-order valence-electron chi connectivity index (χ3n) is 4.44. The standard InChI is InChI=1S/C14H18ClN3O3/c1-17-5-4-9-7-18(8-11(9)14(17)20)13(19)3-2-10-6-12(15)16-21-10/h6,9,11H,2-5,7-8H2,1H3/t9-,11+/m1/s1. The molecule has 0 aliphatic carbocycles. The summed E-state index contributed by atoms with van der Waals surface area (Å²) in [6, 6.07) is 1.62. The van der Waals surface area contributed by atoms with Gasteiger partial charge in [-0.2, -0.15) is 0 Å². The number of halogens is 1.